The van der Waals surface area contributed by atoms with Crippen LogP contribution in [0.2, 0.25) is 0 Å². The zero-order chi connectivity index (χ0) is 27.6. The van der Waals surface area contributed by atoms with E-state index in [1.807, 2.05) is 0 Å². The highest BCUT2D eigenvalue weighted by atomic mass is 16.8. The van der Waals surface area contributed by atoms with E-state index in [0.717, 1.165) is 11.8 Å². The van der Waals surface area contributed by atoms with Gasteiger partial charge in [-0.3, -0.25) is 0 Å². The maximum absolute atomic E-state index is 12.6. The number of aliphatic carboxylic acids is 1. The molecule has 1 aromatic carbocycles. The minimum atomic E-state index is -1.66. The summed E-state index contributed by atoms with van der Waals surface area (Å²) >= 11 is 0. The van der Waals surface area contributed by atoms with E-state index in [0.29, 0.717) is 5.75 Å². The van der Waals surface area contributed by atoms with Crippen molar-refractivity contribution < 1.29 is 58.8 Å². The van der Waals surface area contributed by atoms with E-state index in [1.54, 1.807) is 44.4 Å². The quantitative estimate of drug-likeness (QED) is 0.222. The summed E-state index contributed by atoms with van der Waals surface area (Å²) in [5.41, 5.74) is 0.746. The Morgan fingerprint density at radius 2 is 1.79 bits per heavy atom. The molecule has 0 bridgehead atoms. The van der Waals surface area contributed by atoms with Gasteiger partial charge >= 0.3 is 11.9 Å². The zero-order valence-electron chi connectivity index (χ0n) is 20.8. The van der Waals surface area contributed by atoms with Crippen LogP contribution in [0.1, 0.15) is 18.9 Å². The summed E-state index contributed by atoms with van der Waals surface area (Å²) in [5, 5.41) is 49.6. The number of hydrogen-bond donors (Lipinski definition) is 5. The minimum absolute atomic E-state index is 0.0113. The molecule has 2 aliphatic heterocycles. The van der Waals surface area contributed by atoms with Gasteiger partial charge in [-0.25, -0.2) is 9.59 Å². The Morgan fingerprint density at radius 3 is 2.42 bits per heavy atom. The Kier molecular flexibility index (Phi) is 8.71. The molecule has 12 nitrogen and oxygen atoms in total. The standard InChI is InChI=1S/C26H32O12/c1-12-17(36-19(28)8-5-13-3-6-14(34-2)7-4-13)9-15-16(24(32)33)11-35-25(20(12)15)38-26-23(31)22(30)21(29)18(10-27)37-26/h3-8,11-12,15,17-18,20-23,25-27,29-31H,9-10H2,1-2H3,(H,32,33)/t12-,15-,17+,18-,20-,21-,22+,23-,25+,26+/m1/s1. The average Bonchev–Trinajstić information content (AvgIpc) is 3.23. The molecule has 3 aliphatic rings. The summed E-state index contributed by atoms with van der Waals surface area (Å²) in [6.45, 7) is 1.14. The zero-order valence-corrected chi connectivity index (χ0v) is 20.8. The van der Waals surface area contributed by atoms with Gasteiger partial charge in [0.15, 0.2) is 6.29 Å². The number of hydrogen-bond acceptors (Lipinski definition) is 11. The van der Waals surface area contributed by atoms with E-state index in [-0.39, 0.29) is 12.0 Å². The summed E-state index contributed by atoms with van der Waals surface area (Å²) in [6, 6.07) is 7.06. The maximum atomic E-state index is 12.6. The van der Waals surface area contributed by atoms with Gasteiger partial charge < -0.3 is 49.2 Å². The van der Waals surface area contributed by atoms with Crippen molar-refractivity contribution in [2.75, 3.05) is 13.7 Å². The lowest BCUT2D eigenvalue weighted by molar-refractivity contribution is -0.342. The van der Waals surface area contributed by atoms with Crippen LogP contribution in [-0.2, 0) is 28.5 Å². The van der Waals surface area contributed by atoms with Gasteiger partial charge in [0.05, 0.1) is 25.6 Å². The number of esters is 1. The highest BCUT2D eigenvalue weighted by Gasteiger charge is 2.54. The van der Waals surface area contributed by atoms with Crippen molar-refractivity contribution >= 4 is 18.0 Å². The van der Waals surface area contributed by atoms with Crippen LogP contribution < -0.4 is 4.74 Å². The van der Waals surface area contributed by atoms with Crippen molar-refractivity contribution in [3.8, 4) is 5.75 Å². The number of carboxylic acids is 1. The first-order valence-electron chi connectivity index (χ1n) is 12.2. The Bertz CT molecular complexity index is 1050. The molecule has 0 amide bonds. The van der Waals surface area contributed by atoms with Crippen molar-refractivity contribution in [3.63, 3.8) is 0 Å². The second-order valence-electron chi connectivity index (χ2n) is 9.58. The molecule has 0 radical (unpaired) electrons. The molecule has 12 heteroatoms. The molecule has 2 heterocycles. The van der Waals surface area contributed by atoms with E-state index in [4.69, 9.17) is 23.7 Å². The lowest BCUT2D eigenvalue weighted by Gasteiger charge is -2.43. The van der Waals surface area contributed by atoms with E-state index < -0.39 is 79.4 Å². The molecule has 0 spiro atoms. The van der Waals surface area contributed by atoms with Gasteiger partial charge in [0.2, 0.25) is 6.29 Å². The summed E-state index contributed by atoms with van der Waals surface area (Å²) < 4.78 is 27.6. The fourth-order valence-electron chi connectivity index (χ4n) is 5.19. The lowest BCUT2D eigenvalue weighted by Crippen LogP contribution is -2.60. The Labute approximate surface area is 218 Å². The highest BCUT2D eigenvalue weighted by Crippen LogP contribution is 2.48. The fourth-order valence-corrected chi connectivity index (χ4v) is 5.19. The number of carbonyl (C=O) groups is 2. The van der Waals surface area contributed by atoms with E-state index >= 15 is 0 Å². The molecule has 208 valence electrons. The molecule has 38 heavy (non-hydrogen) atoms. The molecule has 2 fully saturated rings. The molecule has 1 aliphatic carbocycles. The lowest BCUT2D eigenvalue weighted by atomic mass is 9.83. The van der Waals surface area contributed by atoms with Gasteiger partial charge in [-0.2, -0.15) is 0 Å². The van der Waals surface area contributed by atoms with Crippen LogP contribution in [0.3, 0.4) is 0 Å². The molecule has 1 saturated carbocycles. The molecule has 10 atom stereocenters. The van der Waals surface area contributed by atoms with Crippen molar-refractivity contribution in [1.29, 1.82) is 0 Å². The van der Waals surface area contributed by atoms with Crippen LogP contribution in [-0.4, -0.2) is 94.3 Å². The number of rotatable bonds is 8. The number of methoxy groups -OCH3 is 1. The number of carboxylic acid groups (broad SMARTS) is 1. The fraction of sp³-hybridized carbons (Fsp3) is 0.538. The Hall–Kier alpha value is -3.00. The average molecular weight is 537 g/mol. The first-order valence-corrected chi connectivity index (χ1v) is 12.2. The van der Waals surface area contributed by atoms with Crippen LogP contribution in [0.25, 0.3) is 6.08 Å². The van der Waals surface area contributed by atoms with Gasteiger partial charge in [-0.05, 0) is 30.2 Å². The molecule has 4 rings (SSSR count). The predicted octanol–water partition coefficient (Wildman–Crippen LogP) is 0.0337. The van der Waals surface area contributed by atoms with Crippen LogP contribution in [0.15, 0.2) is 42.2 Å². The first-order chi connectivity index (χ1) is 18.1. The molecule has 1 aromatic rings. The summed E-state index contributed by atoms with van der Waals surface area (Å²) in [6.07, 6.45) is -5.20. The monoisotopic (exact) mass is 536 g/mol. The largest absolute Gasteiger partial charge is 0.497 e. The van der Waals surface area contributed by atoms with Crippen LogP contribution in [0.5, 0.6) is 5.75 Å². The van der Waals surface area contributed by atoms with Crippen molar-refractivity contribution in [1.82, 2.24) is 0 Å². The van der Waals surface area contributed by atoms with Crippen molar-refractivity contribution in [3.05, 3.63) is 47.7 Å². The van der Waals surface area contributed by atoms with Crippen molar-refractivity contribution in [2.45, 2.75) is 56.4 Å². The van der Waals surface area contributed by atoms with Crippen molar-refractivity contribution in [2.24, 2.45) is 17.8 Å². The Balaban J connectivity index is 1.47. The molecular formula is C26H32O12. The molecule has 1 saturated heterocycles. The number of benzene rings is 1. The highest BCUT2D eigenvalue weighted by molar-refractivity contribution is 5.88. The molecule has 0 unspecified atom stereocenters. The van der Waals surface area contributed by atoms with Crippen LogP contribution >= 0.6 is 0 Å². The number of ether oxygens (including phenoxy) is 5. The smallest absolute Gasteiger partial charge is 0.334 e. The summed E-state index contributed by atoms with van der Waals surface area (Å²) in [5.74, 6) is -2.75. The van der Waals surface area contributed by atoms with Gasteiger partial charge in [-0.1, -0.05) is 19.1 Å². The normalized spacial score (nSPS) is 36.7. The second-order valence-corrected chi connectivity index (χ2v) is 9.58. The van der Waals surface area contributed by atoms with Gasteiger partial charge in [0.25, 0.3) is 0 Å². The molecular weight excluding hydrogens is 504 g/mol. The minimum Gasteiger partial charge on any atom is -0.497 e. The van der Waals surface area contributed by atoms with Crippen LogP contribution in [0, 0.1) is 17.8 Å². The molecule has 0 aromatic heterocycles. The van der Waals surface area contributed by atoms with E-state index in [2.05, 4.69) is 0 Å². The first kappa shape index (κ1) is 28.0. The van der Waals surface area contributed by atoms with Gasteiger partial charge in [0.1, 0.15) is 36.3 Å². The summed E-state index contributed by atoms with van der Waals surface area (Å²) in [4.78, 5) is 24.5. The maximum Gasteiger partial charge on any atom is 0.334 e. The third-order valence-electron chi connectivity index (χ3n) is 7.35. The molecule has 5 N–H and O–H groups in total. The summed E-state index contributed by atoms with van der Waals surface area (Å²) in [7, 11) is 1.55. The van der Waals surface area contributed by atoms with E-state index in [1.165, 1.54) is 6.08 Å². The third-order valence-corrected chi connectivity index (χ3v) is 7.35. The number of aliphatic hydroxyl groups is 4. The Morgan fingerprint density at radius 1 is 1.08 bits per heavy atom. The SMILES string of the molecule is COc1ccc(C=CC(=O)O[C@H]2C[C@@H]3C(C(=O)O)=CO[C@@H](O[C@@H]4O[C@H](CO)[C@@H](O)[C@H](O)[C@H]4O)[C@@H]3[C@@H]2C)cc1. The number of fused-ring (bicyclic) bond motifs is 1. The van der Waals surface area contributed by atoms with E-state index in [9.17, 15) is 35.1 Å². The topological polar surface area (TPSA) is 181 Å². The van der Waals surface area contributed by atoms with Gasteiger partial charge in [0, 0.05) is 23.8 Å². The number of carbonyl (C=O) groups excluding carboxylic acids is 1. The predicted molar refractivity (Wildman–Crippen MR) is 128 cm³/mol. The number of aliphatic hydroxyl groups excluding tert-OH is 4. The van der Waals surface area contributed by atoms with Crippen LogP contribution in [0.4, 0.5) is 0 Å². The van der Waals surface area contributed by atoms with Gasteiger partial charge in [-0.15, -0.1) is 0 Å². The second kappa shape index (κ2) is 11.8. The third kappa shape index (κ3) is 5.70.